The summed E-state index contributed by atoms with van der Waals surface area (Å²) in [5.74, 6) is -0.0831. The van der Waals surface area contributed by atoms with Crippen LogP contribution in [0.2, 0.25) is 0 Å². The molecule has 0 aliphatic heterocycles. The highest BCUT2D eigenvalue weighted by Crippen LogP contribution is 2.20. The topological polar surface area (TPSA) is 73.5 Å². The zero-order valence-corrected chi connectivity index (χ0v) is 16.5. The molecule has 0 aliphatic rings. The minimum absolute atomic E-state index is 0.339. The number of rotatable bonds is 6. The van der Waals surface area contributed by atoms with Crippen molar-refractivity contribution in [3.05, 3.63) is 76.5 Å². The second-order valence-corrected chi connectivity index (χ2v) is 6.84. The van der Waals surface area contributed by atoms with Gasteiger partial charge in [-0.05, 0) is 57.0 Å². The molecule has 0 fully saturated rings. The molecule has 28 heavy (non-hydrogen) atoms. The lowest BCUT2D eigenvalue weighted by atomic mass is 10.1. The number of aryl methyl sites for hydroxylation is 3. The van der Waals surface area contributed by atoms with Crippen LogP contribution in [0.1, 0.15) is 38.6 Å². The number of ether oxygens (including phenoxy) is 1. The lowest BCUT2D eigenvalue weighted by molar-refractivity contribution is -0.119. The molecule has 6 heteroatoms. The number of nitrogens with one attached hydrogen (secondary N) is 1. The maximum atomic E-state index is 12.5. The first kappa shape index (κ1) is 19.5. The smallest absolute Gasteiger partial charge is 0.340 e. The molecule has 1 aromatic carbocycles. The van der Waals surface area contributed by atoms with Crippen molar-refractivity contribution in [2.45, 2.75) is 34.2 Å². The average molecular weight is 380 g/mol. The van der Waals surface area contributed by atoms with Crippen LogP contribution in [-0.2, 0) is 16.1 Å². The van der Waals surface area contributed by atoms with E-state index in [9.17, 15) is 9.59 Å². The Kier molecular flexibility index (Phi) is 5.68. The van der Waals surface area contributed by atoms with Gasteiger partial charge >= 0.3 is 5.97 Å². The monoisotopic (exact) mass is 380 g/mol. The summed E-state index contributed by atoms with van der Waals surface area (Å²) in [7, 11) is 0. The van der Waals surface area contributed by atoms with Crippen molar-refractivity contribution >= 4 is 17.6 Å². The van der Waals surface area contributed by atoms with E-state index in [-0.39, 0.29) is 12.5 Å². The van der Waals surface area contributed by atoms with E-state index < -0.39 is 5.97 Å². The Labute approximate surface area is 164 Å². The fourth-order valence-corrected chi connectivity index (χ4v) is 3.21. The number of anilines is 1. The molecule has 0 spiro atoms. The summed E-state index contributed by atoms with van der Waals surface area (Å²) >= 11 is 0. The van der Waals surface area contributed by atoms with Gasteiger partial charge < -0.3 is 19.0 Å². The largest absolute Gasteiger partial charge is 0.467 e. The summed E-state index contributed by atoms with van der Waals surface area (Å²) in [4.78, 5) is 24.7. The van der Waals surface area contributed by atoms with Gasteiger partial charge in [0, 0.05) is 17.1 Å². The van der Waals surface area contributed by atoms with Crippen LogP contribution in [0.4, 0.5) is 5.69 Å². The van der Waals surface area contributed by atoms with Crippen molar-refractivity contribution in [1.29, 1.82) is 0 Å². The quantitative estimate of drug-likeness (QED) is 0.652. The zero-order chi connectivity index (χ0) is 20.3. The number of hydrogen-bond donors (Lipinski definition) is 1. The molecule has 0 atom stereocenters. The Hall–Kier alpha value is -3.28. The van der Waals surface area contributed by atoms with Gasteiger partial charge in [-0.2, -0.15) is 0 Å². The predicted octanol–water partition coefficient (Wildman–Crippen LogP) is 4.16. The highest BCUT2D eigenvalue weighted by atomic mass is 16.5. The minimum atomic E-state index is -0.518. The minimum Gasteiger partial charge on any atom is -0.467 e. The van der Waals surface area contributed by atoms with Crippen molar-refractivity contribution < 1.29 is 18.7 Å². The molecule has 0 bridgehead atoms. The van der Waals surface area contributed by atoms with Crippen molar-refractivity contribution in [3.8, 4) is 0 Å². The summed E-state index contributed by atoms with van der Waals surface area (Å²) in [6.07, 6.45) is 1.62. The third-order valence-electron chi connectivity index (χ3n) is 4.77. The SMILES string of the molecule is Cc1cccc(C)c1NC(=O)COC(=O)c1cc(C)n(Cc2ccco2)c1C. The maximum Gasteiger partial charge on any atom is 0.340 e. The Morgan fingerprint density at radius 3 is 2.43 bits per heavy atom. The highest BCUT2D eigenvalue weighted by molar-refractivity contribution is 5.96. The van der Waals surface area contributed by atoms with E-state index in [0.29, 0.717) is 12.1 Å². The van der Waals surface area contributed by atoms with E-state index in [0.717, 1.165) is 34.0 Å². The molecule has 0 saturated carbocycles. The number of hydrogen-bond acceptors (Lipinski definition) is 4. The third-order valence-corrected chi connectivity index (χ3v) is 4.77. The van der Waals surface area contributed by atoms with Crippen molar-refractivity contribution in [1.82, 2.24) is 4.57 Å². The Balaban J connectivity index is 1.64. The standard InChI is InChI=1S/C22H24N2O4/c1-14-7-5-8-15(2)21(14)23-20(25)13-28-22(26)19-11-16(3)24(17(19)4)12-18-9-6-10-27-18/h5-11H,12-13H2,1-4H3,(H,23,25). The predicted molar refractivity (Wildman–Crippen MR) is 107 cm³/mol. The summed E-state index contributed by atoms with van der Waals surface area (Å²) in [5.41, 5.74) is 4.81. The third kappa shape index (κ3) is 4.17. The molecule has 2 heterocycles. The van der Waals surface area contributed by atoms with Gasteiger partial charge in [0.1, 0.15) is 5.76 Å². The van der Waals surface area contributed by atoms with Gasteiger partial charge in [0.2, 0.25) is 0 Å². The Bertz CT molecular complexity index is 980. The fraction of sp³-hybridized carbons (Fsp3) is 0.273. The molecule has 1 amide bonds. The van der Waals surface area contributed by atoms with E-state index in [1.54, 1.807) is 12.3 Å². The molecule has 3 aromatic rings. The van der Waals surface area contributed by atoms with Gasteiger partial charge in [-0.15, -0.1) is 0 Å². The van der Waals surface area contributed by atoms with Crippen LogP contribution < -0.4 is 5.32 Å². The molecule has 2 aromatic heterocycles. The maximum absolute atomic E-state index is 12.5. The summed E-state index contributed by atoms with van der Waals surface area (Å²) in [6.45, 7) is 7.80. The number of carbonyl (C=O) groups excluding carboxylic acids is 2. The van der Waals surface area contributed by atoms with Gasteiger partial charge in [-0.3, -0.25) is 4.79 Å². The molecule has 0 radical (unpaired) electrons. The van der Waals surface area contributed by atoms with Crippen LogP contribution in [0.5, 0.6) is 0 Å². The zero-order valence-electron chi connectivity index (χ0n) is 16.5. The second-order valence-electron chi connectivity index (χ2n) is 6.84. The van der Waals surface area contributed by atoms with E-state index in [2.05, 4.69) is 5.32 Å². The van der Waals surface area contributed by atoms with E-state index in [1.807, 2.05) is 62.6 Å². The molecule has 0 aliphatic carbocycles. The van der Waals surface area contributed by atoms with E-state index >= 15 is 0 Å². The summed E-state index contributed by atoms with van der Waals surface area (Å²) in [6, 6.07) is 11.2. The summed E-state index contributed by atoms with van der Waals surface area (Å²) in [5, 5.41) is 2.81. The van der Waals surface area contributed by atoms with Crippen LogP contribution in [0.3, 0.4) is 0 Å². The fourth-order valence-electron chi connectivity index (χ4n) is 3.21. The highest BCUT2D eigenvalue weighted by Gasteiger charge is 2.19. The van der Waals surface area contributed by atoms with E-state index in [4.69, 9.17) is 9.15 Å². The van der Waals surface area contributed by atoms with Crippen LogP contribution >= 0.6 is 0 Å². The molecule has 3 rings (SSSR count). The first-order valence-electron chi connectivity index (χ1n) is 9.09. The lowest BCUT2D eigenvalue weighted by Gasteiger charge is -2.12. The molecule has 0 saturated heterocycles. The summed E-state index contributed by atoms with van der Waals surface area (Å²) < 4.78 is 12.6. The molecule has 6 nitrogen and oxygen atoms in total. The van der Waals surface area contributed by atoms with Crippen LogP contribution in [0, 0.1) is 27.7 Å². The van der Waals surface area contributed by atoms with E-state index in [1.165, 1.54) is 0 Å². The van der Waals surface area contributed by atoms with Crippen LogP contribution in [-0.4, -0.2) is 23.1 Å². The van der Waals surface area contributed by atoms with Gasteiger partial charge in [-0.1, -0.05) is 18.2 Å². The van der Waals surface area contributed by atoms with Gasteiger partial charge in [0.15, 0.2) is 6.61 Å². The number of amides is 1. The normalized spacial score (nSPS) is 10.7. The molecular formula is C22H24N2O4. The first-order chi connectivity index (χ1) is 13.4. The number of furan rings is 1. The number of para-hydroxylation sites is 1. The van der Waals surface area contributed by atoms with Gasteiger partial charge in [0.25, 0.3) is 5.91 Å². The molecule has 0 unspecified atom stereocenters. The number of aromatic nitrogens is 1. The van der Waals surface area contributed by atoms with Crippen molar-refractivity contribution in [2.24, 2.45) is 0 Å². The molecule has 1 N–H and O–H groups in total. The van der Waals surface area contributed by atoms with Crippen molar-refractivity contribution in [2.75, 3.05) is 11.9 Å². The van der Waals surface area contributed by atoms with Crippen LogP contribution in [0.25, 0.3) is 0 Å². The molecule has 146 valence electrons. The number of esters is 1. The van der Waals surface area contributed by atoms with Crippen LogP contribution in [0.15, 0.2) is 47.1 Å². The lowest BCUT2D eigenvalue weighted by Crippen LogP contribution is -2.22. The first-order valence-corrected chi connectivity index (χ1v) is 9.09. The second kappa shape index (κ2) is 8.17. The molecular weight excluding hydrogens is 356 g/mol. The Morgan fingerprint density at radius 2 is 1.79 bits per heavy atom. The van der Waals surface area contributed by atoms with Gasteiger partial charge in [0.05, 0.1) is 18.4 Å². The number of nitrogens with zero attached hydrogens (tertiary/aromatic N) is 1. The van der Waals surface area contributed by atoms with Crippen molar-refractivity contribution in [3.63, 3.8) is 0 Å². The Morgan fingerprint density at radius 1 is 1.07 bits per heavy atom. The van der Waals surface area contributed by atoms with Gasteiger partial charge in [-0.25, -0.2) is 4.79 Å². The number of carbonyl (C=O) groups is 2. The average Bonchev–Trinajstić information content (AvgIpc) is 3.26. The number of benzene rings is 1.